The van der Waals surface area contributed by atoms with E-state index in [9.17, 15) is 20.1 Å². The van der Waals surface area contributed by atoms with Crippen molar-refractivity contribution >= 4 is 11.7 Å². The van der Waals surface area contributed by atoms with Crippen LogP contribution in [0.4, 0.5) is 0 Å². The number of aliphatic hydroxyl groups is 2. The number of aryl methyl sites for hydroxylation is 1. The van der Waals surface area contributed by atoms with Gasteiger partial charge in [0.15, 0.2) is 29.0 Å². The summed E-state index contributed by atoms with van der Waals surface area (Å²) < 4.78 is 18.2. The standard InChI is InChI=1S/C38H52N4O7/c1-22(2)20-42-38(39)41-16-15-30-29-10-5-7-24-17-27(44)19-26(43)13-11-23-12-14-32(45)35(47-4)28(23)9-6-8-25-18-31(24)33(29)36(49-37(30)46)34(25)48-21-40-3/h12,14,18,22,24,27,29-30,37,40,44-46H,5,7-8,10-11,13,15-17,19-21H2,1-4H3,(H3,39,41,42)/t24-,27+,29+,30+,37-/m0/s1. The molecule has 1 aliphatic heterocycles. The van der Waals surface area contributed by atoms with Gasteiger partial charge in [-0.15, -0.1) is 0 Å². The predicted molar refractivity (Wildman–Crippen MR) is 188 cm³/mol. The number of nitrogens with one attached hydrogen (secondary N) is 2. The smallest absolute Gasteiger partial charge is 0.201 e. The first-order valence-corrected chi connectivity index (χ1v) is 17.5. The molecule has 2 aromatic rings. The monoisotopic (exact) mass is 676 g/mol. The minimum absolute atomic E-state index is 0.0218. The Bertz CT molecular complexity index is 1580. The average Bonchev–Trinajstić information content (AvgIpc) is 3.23. The molecule has 1 heterocycles. The van der Waals surface area contributed by atoms with Crippen LogP contribution in [0.5, 0.6) is 23.0 Å². The number of fused-ring (bicyclic) bond motifs is 2. The number of guanidine groups is 1. The van der Waals surface area contributed by atoms with E-state index in [2.05, 4.69) is 47.4 Å². The Morgan fingerprint density at radius 3 is 2.76 bits per heavy atom. The van der Waals surface area contributed by atoms with E-state index in [4.69, 9.17) is 19.9 Å². The molecule has 49 heavy (non-hydrogen) atoms. The number of hydrogen-bond acceptors (Lipinski definition) is 9. The number of aliphatic hydroxyl groups excluding tert-OH is 2. The lowest BCUT2D eigenvalue weighted by Crippen LogP contribution is -2.40. The Kier molecular flexibility index (Phi) is 12.3. The molecule has 0 saturated carbocycles. The molecule has 11 heteroatoms. The summed E-state index contributed by atoms with van der Waals surface area (Å²) >= 11 is 0. The Morgan fingerprint density at radius 2 is 2.00 bits per heavy atom. The van der Waals surface area contributed by atoms with Crippen molar-refractivity contribution < 1.29 is 34.3 Å². The molecule has 11 nitrogen and oxygen atoms in total. The summed E-state index contributed by atoms with van der Waals surface area (Å²) in [6, 6.07) is 5.44. The number of aliphatic imine (C=N–C) groups is 1. The molecule has 266 valence electrons. The molecule has 0 saturated heterocycles. The first-order chi connectivity index (χ1) is 23.6. The number of aromatic hydroxyl groups is 1. The first-order valence-electron chi connectivity index (χ1n) is 17.5. The van der Waals surface area contributed by atoms with Crippen molar-refractivity contribution in [3.05, 3.63) is 46.0 Å². The van der Waals surface area contributed by atoms with Gasteiger partial charge in [-0.25, -0.2) is 0 Å². The summed E-state index contributed by atoms with van der Waals surface area (Å²) in [5.41, 5.74) is 10.3. The van der Waals surface area contributed by atoms with Gasteiger partial charge < -0.3 is 40.6 Å². The number of methoxy groups -OCH3 is 1. The number of Topliss-reactive ketones (excluding diaryl/α,β-unsaturated/α-hetero) is 1. The van der Waals surface area contributed by atoms with Gasteiger partial charge in [0.05, 0.1) is 18.8 Å². The molecule has 0 amide bonds. The molecule has 7 N–H and O–H groups in total. The second-order valence-electron chi connectivity index (χ2n) is 13.8. The fourth-order valence-corrected chi connectivity index (χ4v) is 7.46. The van der Waals surface area contributed by atoms with E-state index >= 15 is 0 Å². The lowest BCUT2D eigenvalue weighted by molar-refractivity contribution is -0.121. The van der Waals surface area contributed by atoms with Gasteiger partial charge in [0.2, 0.25) is 6.29 Å². The summed E-state index contributed by atoms with van der Waals surface area (Å²) in [7, 11) is 3.27. The van der Waals surface area contributed by atoms with Crippen LogP contribution < -0.4 is 30.6 Å². The maximum absolute atomic E-state index is 13.1. The number of phenolic OH excluding ortho intramolecular Hbond substituents is 1. The maximum atomic E-state index is 13.1. The van der Waals surface area contributed by atoms with Crippen LogP contribution in [0.2, 0.25) is 0 Å². The fourth-order valence-electron chi connectivity index (χ4n) is 7.46. The second-order valence-corrected chi connectivity index (χ2v) is 13.8. The molecule has 5 atom stereocenters. The third-order valence-corrected chi connectivity index (χ3v) is 9.77. The van der Waals surface area contributed by atoms with Crippen molar-refractivity contribution in [1.82, 2.24) is 10.6 Å². The van der Waals surface area contributed by atoms with E-state index in [1.807, 2.05) is 0 Å². The van der Waals surface area contributed by atoms with E-state index < -0.39 is 12.4 Å². The Balaban J connectivity index is 1.59. The number of benzene rings is 2. The SMILES string of the molecule is CNCOc1c2cc3c4c1O[C@H](O)[C@H](CCNC(N)=NCC(C)C)[C@H]4CCC[C@H]3C[C@@H](O)CC(=O)CCc1ccc(O)c(OC)c1C#CC2. The molecule has 0 fully saturated rings. The van der Waals surface area contributed by atoms with Crippen molar-refractivity contribution in [3.8, 4) is 34.8 Å². The van der Waals surface area contributed by atoms with Gasteiger partial charge in [-0.1, -0.05) is 44.2 Å². The number of rotatable bonds is 9. The van der Waals surface area contributed by atoms with Gasteiger partial charge in [0, 0.05) is 49.4 Å². The number of carbonyl (C=O) groups is 1. The predicted octanol–water partition coefficient (Wildman–Crippen LogP) is 3.84. The molecule has 0 spiro atoms. The highest BCUT2D eigenvalue weighted by molar-refractivity contribution is 5.79. The summed E-state index contributed by atoms with van der Waals surface area (Å²) in [5, 5.41) is 39.6. The van der Waals surface area contributed by atoms with E-state index in [1.165, 1.54) is 7.11 Å². The van der Waals surface area contributed by atoms with Crippen molar-refractivity contribution in [2.75, 3.05) is 34.0 Å². The summed E-state index contributed by atoms with van der Waals surface area (Å²) in [6.45, 7) is 5.55. The van der Waals surface area contributed by atoms with Crippen LogP contribution in [0.15, 0.2) is 23.2 Å². The van der Waals surface area contributed by atoms with Crippen LogP contribution in [0.25, 0.3) is 0 Å². The van der Waals surface area contributed by atoms with Crippen LogP contribution in [0.1, 0.15) is 98.4 Å². The minimum Gasteiger partial charge on any atom is -0.504 e. The number of carbonyl (C=O) groups excluding carboxylic acids is 1. The van der Waals surface area contributed by atoms with Gasteiger partial charge in [-0.2, -0.15) is 0 Å². The van der Waals surface area contributed by atoms with Crippen molar-refractivity contribution in [3.63, 3.8) is 0 Å². The zero-order chi connectivity index (χ0) is 35.1. The highest BCUT2D eigenvalue weighted by Gasteiger charge is 2.43. The maximum Gasteiger partial charge on any atom is 0.201 e. The normalized spacial score (nSPS) is 23.9. The van der Waals surface area contributed by atoms with Gasteiger partial charge in [-0.05, 0) is 74.1 Å². The van der Waals surface area contributed by atoms with Gasteiger partial charge in [-0.3, -0.25) is 15.1 Å². The Labute approximate surface area is 289 Å². The molecule has 5 rings (SSSR count). The molecule has 0 radical (unpaired) electrons. The molecule has 0 unspecified atom stereocenters. The lowest BCUT2D eigenvalue weighted by Gasteiger charge is -2.39. The minimum atomic E-state index is -1.08. The average molecular weight is 677 g/mol. The zero-order valence-electron chi connectivity index (χ0n) is 29.2. The summed E-state index contributed by atoms with van der Waals surface area (Å²) in [6.07, 6.45) is 2.69. The van der Waals surface area contributed by atoms with E-state index in [1.54, 1.807) is 19.2 Å². The van der Waals surface area contributed by atoms with Crippen molar-refractivity contribution in [1.29, 1.82) is 0 Å². The number of hydrogen-bond donors (Lipinski definition) is 6. The van der Waals surface area contributed by atoms with E-state index in [0.29, 0.717) is 61.3 Å². The molecule has 2 aromatic carbocycles. The Hall–Kier alpha value is -3.98. The number of nitrogens with zero attached hydrogens (tertiary/aromatic N) is 1. The number of ether oxygens (including phenoxy) is 3. The third-order valence-electron chi connectivity index (χ3n) is 9.77. The highest BCUT2D eigenvalue weighted by Crippen LogP contribution is 2.55. The molecule has 2 bridgehead atoms. The van der Waals surface area contributed by atoms with E-state index in [-0.39, 0.29) is 61.0 Å². The molecular formula is C38H52N4O7. The molecule has 2 aliphatic carbocycles. The first kappa shape index (κ1) is 36.3. The second kappa shape index (κ2) is 16.6. The largest absolute Gasteiger partial charge is 0.504 e. The number of nitrogens with two attached hydrogens (primary N) is 1. The van der Waals surface area contributed by atoms with Crippen LogP contribution in [0.3, 0.4) is 0 Å². The quantitative estimate of drug-likeness (QED) is 0.0994. The highest BCUT2D eigenvalue weighted by atomic mass is 16.6. The van der Waals surface area contributed by atoms with Crippen LogP contribution in [-0.4, -0.2) is 73.4 Å². The summed E-state index contributed by atoms with van der Waals surface area (Å²) in [5.74, 6) is 8.25. The number of ketones is 1. The lowest BCUT2D eigenvalue weighted by atomic mass is 9.75. The van der Waals surface area contributed by atoms with Crippen LogP contribution in [-0.2, 0) is 17.6 Å². The van der Waals surface area contributed by atoms with Gasteiger partial charge in [0.1, 0.15) is 12.5 Å². The fraction of sp³-hybridized carbons (Fsp3) is 0.579. The molecule has 0 aromatic heterocycles. The van der Waals surface area contributed by atoms with Gasteiger partial charge in [0.25, 0.3) is 0 Å². The van der Waals surface area contributed by atoms with Crippen molar-refractivity contribution in [2.45, 2.75) is 95.9 Å². The summed E-state index contributed by atoms with van der Waals surface area (Å²) in [4.78, 5) is 17.5. The molecular weight excluding hydrogens is 624 g/mol. The van der Waals surface area contributed by atoms with Crippen molar-refractivity contribution in [2.24, 2.45) is 22.6 Å². The van der Waals surface area contributed by atoms with Crippen LogP contribution >= 0.6 is 0 Å². The van der Waals surface area contributed by atoms with E-state index in [0.717, 1.165) is 41.5 Å². The number of phenols is 1. The van der Waals surface area contributed by atoms with Gasteiger partial charge >= 0.3 is 0 Å². The third kappa shape index (κ3) is 8.61. The van der Waals surface area contributed by atoms with Crippen LogP contribution in [0, 0.1) is 23.7 Å². The Morgan fingerprint density at radius 1 is 1.18 bits per heavy atom. The topological polar surface area (TPSA) is 168 Å². The molecule has 3 aliphatic rings. The zero-order valence-corrected chi connectivity index (χ0v) is 29.2.